The summed E-state index contributed by atoms with van der Waals surface area (Å²) in [5.41, 5.74) is -0.106. The van der Waals surface area contributed by atoms with Crippen LogP contribution in [-0.2, 0) is 0 Å². The van der Waals surface area contributed by atoms with Crippen molar-refractivity contribution in [2.75, 3.05) is 0 Å². The smallest absolute Gasteiger partial charge is 0.342 e. The lowest BCUT2D eigenvalue weighted by Crippen LogP contribution is -2.10. The molecule has 1 aromatic rings. The molecule has 0 radical (unpaired) electrons. The van der Waals surface area contributed by atoms with E-state index in [1.54, 1.807) is 13.0 Å². The molecule has 0 bridgehead atoms. The summed E-state index contributed by atoms with van der Waals surface area (Å²) < 4.78 is 5.21. The molecule has 0 aliphatic heterocycles. The van der Waals surface area contributed by atoms with Gasteiger partial charge in [0.2, 0.25) is 0 Å². The first-order chi connectivity index (χ1) is 7.18. The molecule has 0 atom stereocenters. The maximum absolute atomic E-state index is 11.4. The van der Waals surface area contributed by atoms with E-state index in [0.717, 1.165) is 12.8 Å². The van der Waals surface area contributed by atoms with Crippen LogP contribution in [0.4, 0.5) is 0 Å². The van der Waals surface area contributed by atoms with Crippen LogP contribution in [0.1, 0.15) is 49.3 Å². The van der Waals surface area contributed by atoms with Crippen LogP contribution in [0, 0.1) is 6.92 Å². The zero-order valence-corrected chi connectivity index (χ0v) is 8.95. The van der Waals surface area contributed by atoms with Crippen LogP contribution in [-0.4, -0.2) is 5.11 Å². The number of hydrogen-bond donors (Lipinski definition) is 1. The lowest BCUT2D eigenvalue weighted by Gasteiger charge is -2.20. The van der Waals surface area contributed by atoms with E-state index < -0.39 is 5.63 Å². The third-order valence-electron chi connectivity index (χ3n) is 3.19. The predicted molar refractivity (Wildman–Crippen MR) is 57.2 cm³/mol. The quantitative estimate of drug-likeness (QED) is 0.772. The Morgan fingerprint density at radius 1 is 1.33 bits per heavy atom. The Hall–Kier alpha value is -1.25. The van der Waals surface area contributed by atoms with Crippen molar-refractivity contribution in [1.82, 2.24) is 0 Å². The topological polar surface area (TPSA) is 50.4 Å². The van der Waals surface area contributed by atoms with Gasteiger partial charge in [-0.05, 0) is 19.8 Å². The monoisotopic (exact) mass is 208 g/mol. The van der Waals surface area contributed by atoms with Gasteiger partial charge in [0.15, 0.2) is 0 Å². The highest BCUT2D eigenvalue weighted by Crippen LogP contribution is 2.33. The van der Waals surface area contributed by atoms with Crippen LogP contribution in [0.2, 0.25) is 0 Å². The lowest BCUT2D eigenvalue weighted by molar-refractivity contribution is 0.345. The Bertz CT molecular complexity index is 400. The Morgan fingerprint density at radius 2 is 2.00 bits per heavy atom. The molecule has 15 heavy (non-hydrogen) atoms. The molecule has 3 heteroatoms. The van der Waals surface area contributed by atoms with Crippen LogP contribution >= 0.6 is 0 Å². The highest BCUT2D eigenvalue weighted by molar-refractivity contribution is 5.29. The number of rotatable bonds is 1. The van der Waals surface area contributed by atoms with Crippen molar-refractivity contribution in [2.45, 2.75) is 44.9 Å². The first-order valence-corrected chi connectivity index (χ1v) is 5.52. The van der Waals surface area contributed by atoms with Crippen molar-refractivity contribution >= 4 is 0 Å². The van der Waals surface area contributed by atoms with E-state index in [-0.39, 0.29) is 5.75 Å². The molecule has 1 fully saturated rings. The Morgan fingerprint density at radius 3 is 2.60 bits per heavy atom. The summed E-state index contributed by atoms with van der Waals surface area (Å²) in [4.78, 5) is 11.4. The molecule has 0 saturated heterocycles. The van der Waals surface area contributed by atoms with Crippen LogP contribution in [0.5, 0.6) is 5.75 Å². The Balaban J connectivity index is 2.32. The molecule has 1 aliphatic rings. The zero-order valence-electron chi connectivity index (χ0n) is 8.95. The van der Waals surface area contributed by atoms with Gasteiger partial charge in [0, 0.05) is 12.0 Å². The molecule has 1 N–H and O–H groups in total. The molecule has 1 aliphatic carbocycles. The molecule has 1 saturated carbocycles. The van der Waals surface area contributed by atoms with Crippen molar-refractivity contribution in [1.29, 1.82) is 0 Å². The molecule has 0 aromatic carbocycles. The summed E-state index contributed by atoms with van der Waals surface area (Å²) in [5.74, 6) is 1.03. The number of hydrogen-bond acceptors (Lipinski definition) is 3. The van der Waals surface area contributed by atoms with Gasteiger partial charge < -0.3 is 9.52 Å². The minimum Gasteiger partial charge on any atom is -0.507 e. The molecule has 1 aromatic heterocycles. The van der Waals surface area contributed by atoms with Crippen LogP contribution in [0.15, 0.2) is 15.3 Å². The highest BCUT2D eigenvalue weighted by Gasteiger charge is 2.19. The first kappa shape index (κ1) is 10.3. The fourth-order valence-electron chi connectivity index (χ4n) is 2.15. The minimum atomic E-state index is -0.407. The van der Waals surface area contributed by atoms with E-state index in [2.05, 4.69) is 0 Å². The second-order valence-electron chi connectivity index (χ2n) is 4.28. The highest BCUT2D eigenvalue weighted by atomic mass is 16.4. The van der Waals surface area contributed by atoms with Crippen molar-refractivity contribution < 1.29 is 9.52 Å². The molecule has 0 amide bonds. The largest absolute Gasteiger partial charge is 0.507 e. The van der Waals surface area contributed by atoms with Gasteiger partial charge in [-0.2, -0.15) is 0 Å². The van der Waals surface area contributed by atoms with Gasteiger partial charge in [-0.3, -0.25) is 0 Å². The SMILES string of the molecule is Cc1c(O)cc(C2CCCCC2)oc1=O. The molecular weight excluding hydrogens is 192 g/mol. The lowest BCUT2D eigenvalue weighted by atomic mass is 9.87. The van der Waals surface area contributed by atoms with Crippen LogP contribution in [0.3, 0.4) is 0 Å². The van der Waals surface area contributed by atoms with Crippen molar-refractivity contribution in [3.05, 3.63) is 27.8 Å². The fourth-order valence-corrected chi connectivity index (χ4v) is 2.15. The maximum atomic E-state index is 11.4. The summed E-state index contributed by atoms with van der Waals surface area (Å²) in [5, 5.41) is 9.55. The second-order valence-corrected chi connectivity index (χ2v) is 4.28. The molecule has 3 nitrogen and oxygen atoms in total. The van der Waals surface area contributed by atoms with Crippen molar-refractivity contribution in [2.24, 2.45) is 0 Å². The second kappa shape index (κ2) is 4.09. The van der Waals surface area contributed by atoms with E-state index in [9.17, 15) is 9.90 Å². The van der Waals surface area contributed by atoms with Gasteiger partial charge in [-0.25, -0.2) is 4.79 Å². The van der Waals surface area contributed by atoms with Gasteiger partial charge in [0.1, 0.15) is 11.5 Å². The average molecular weight is 208 g/mol. The molecular formula is C12H16O3. The summed E-state index contributed by atoms with van der Waals surface area (Å²) in [6.45, 7) is 1.58. The van der Waals surface area contributed by atoms with Gasteiger partial charge in [-0.1, -0.05) is 19.3 Å². The van der Waals surface area contributed by atoms with E-state index in [4.69, 9.17) is 4.42 Å². The van der Waals surface area contributed by atoms with Crippen LogP contribution < -0.4 is 5.63 Å². The average Bonchev–Trinajstić information content (AvgIpc) is 2.26. The van der Waals surface area contributed by atoms with E-state index >= 15 is 0 Å². The van der Waals surface area contributed by atoms with Crippen molar-refractivity contribution in [3.63, 3.8) is 0 Å². The Kier molecular flexibility index (Phi) is 2.80. The van der Waals surface area contributed by atoms with Gasteiger partial charge in [0.05, 0.1) is 5.56 Å². The predicted octanol–water partition coefficient (Wildman–Crippen LogP) is 2.70. The normalized spacial score (nSPS) is 17.9. The first-order valence-electron chi connectivity index (χ1n) is 5.52. The van der Waals surface area contributed by atoms with Crippen LogP contribution in [0.25, 0.3) is 0 Å². The fraction of sp³-hybridized carbons (Fsp3) is 0.583. The van der Waals surface area contributed by atoms with Gasteiger partial charge >= 0.3 is 5.63 Å². The van der Waals surface area contributed by atoms with Gasteiger partial charge in [0.25, 0.3) is 0 Å². The summed E-state index contributed by atoms with van der Waals surface area (Å²) in [6, 6.07) is 1.60. The third-order valence-corrected chi connectivity index (χ3v) is 3.19. The van der Waals surface area contributed by atoms with Crippen molar-refractivity contribution in [3.8, 4) is 5.75 Å². The molecule has 0 unspecified atom stereocenters. The Labute approximate surface area is 88.7 Å². The van der Waals surface area contributed by atoms with E-state index in [1.807, 2.05) is 0 Å². The molecule has 2 rings (SSSR count). The minimum absolute atomic E-state index is 0.0619. The van der Waals surface area contributed by atoms with E-state index in [1.165, 1.54) is 19.3 Å². The maximum Gasteiger partial charge on any atom is 0.342 e. The van der Waals surface area contributed by atoms with Gasteiger partial charge in [-0.15, -0.1) is 0 Å². The standard InChI is InChI=1S/C12H16O3/c1-8-10(13)7-11(15-12(8)14)9-5-3-2-4-6-9/h7,9,13H,2-6H2,1H3. The molecule has 1 heterocycles. The third kappa shape index (κ3) is 2.06. The zero-order chi connectivity index (χ0) is 10.8. The summed E-state index contributed by atoms with van der Waals surface area (Å²) >= 11 is 0. The molecule has 82 valence electrons. The summed E-state index contributed by atoms with van der Waals surface area (Å²) in [7, 11) is 0. The van der Waals surface area contributed by atoms with E-state index in [0.29, 0.717) is 17.2 Å². The summed E-state index contributed by atoms with van der Waals surface area (Å²) in [6.07, 6.45) is 5.75. The number of aromatic hydroxyl groups is 1. The molecule has 0 spiro atoms.